The number of piperidine rings is 1. The van der Waals surface area contributed by atoms with Crippen molar-refractivity contribution in [2.24, 2.45) is 0 Å². The Balaban J connectivity index is 1.50. The van der Waals surface area contributed by atoms with Crippen LogP contribution < -0.4 is 4.78 Å². The fraction of sp³-hybridized carbons (Fsp3) is 0.765. The van der Waals surface area contributed by atoms with E-state index in [0.717, 1.165) is 55.6 Å². The molecule has 0 spiro atoms. The summed E-state index contributed by atoms with van der Waals surface area (Å²) in [7, 11) is 6.02. The highest BCUT2D eigenvalue weighted by molar-refractivity contribution is 7.20. The van der Waals surface area contributed by atoms with Gasteiger partial charge in [-0.25, -0.2) is 0 Å². The number of thiophene rings is 1. The van der Waals surface area contributed by atoms with Gasteiger partial charge in [0.2, 0.25) is 0 Å². The molecule has 1 aromatic heterocycles. The molecule has 6 heteroatoms. The summed E-state index contributed by atoms with van der Waals surface area (Å²) in [4.78, 5) is 3.53. The van der Waals surface area contributed by atoms with Crippen LogP contribution in [-0.4, -0.2) is 43.9 Å². The SMILES string of the molecule is [B]c1cc2c(s1)C1(CCOC3CCCCO3)CCCCN1C2O. The monoisotopic (exact) mass is 333 g/mol. The minimum Gasteiger partial charge on any atom is -0.374 e. The Morgan fingerprint density at radius 2 is 2.30 bits per heavy atom. The fourth-order valence-electron chi connectivity index (χ4n) is 4.39. The Labute approximate surface area is 143 Å². The molecule has 1 aromatic rings. The second-order valence-electron chi connectivity index (χ2n) is 6.91. The molecule has 2 saturated heterocycles. The number of aliphatic hydroxyl groups excluding tert-OH is 1. The van der Waals surface area contributed by atoms with Gasteiger partial charge in [-0.1, -0.05) is 6.07 Å². The van der Waals surface area contributed by atoms with Gasteiger partial charge in [-0.05, 0) is 49.7 Å². The van der Waals surface area contributed by atoms with Crippen molar-refractivity contribution >= 4 is 24.0 Å². The molecule has 3 unspecified atom stereocenters. The van der Waals surface area contributed by atoms with Crippen LogP contribution in [0.2, 0.25) is 0 Å². The molecule has 3 aliphatic heterocycles. The maximum Gasteiger partial charge on any atom is 0.157 e. The number of hydrogen-bond acceptors (Lipinski definition) is 5. The highest BCUT2D eigenvalue weighted by Crippen LogP contribution is 2.53. The summed E-state index contributed by atoms with van der Waals surface area (Å²) >= 11 is 1.64. The molecule has 124 valence electrons. The normalized spacial score (nSPS) is 34.3. The van der Waals surface area contributed by atoms with Gasteiger partial charge in [-0.15, -0.1) is 0 Å². The molecule has 1 N–H and O–H groups in total. The predicted octanol–water partition coefficient (Wildman–Crippen LogP) is 2.16. The van der Waals surface area contributed by atoms with Gasteiger partial charge in [-0.3, -0.25) is 4.90 Å². The maximum absolute atomic E-state index is 10.7. The number of rotatable bonds is 4. The number of hydrogen-bond donors (Lipinski definition) is 1. The van der Waals surface area contributed by atoms with Gasteiger partial charge in [0.25, 0.3) is 0 Å². The first-order chi connectivity index (χ1) is 11.2. The summed E-state index contributed by atoms with van der Waals surface area (Å²) in [5.41, 5.74) is 0.924. The average molecular weight is 333 g/mol. The van der Waals surface area contributed by atoms with Crippen molar-refractivity contribution in [3.05, 3.63) is 16.5 Å². The van der Waals surface area contributed by atoms with Crippen molar-refractivity contribution in [3.8, 4) is 0 Å². The lowest BCUT2D eigenvalue weighted by molar-refractivity contribution is -0.171. The third-order valence-corrected chi connectivity index (χ3v) is 6.70. The van der Waals surface area contributed by atoms with E-state index in [4.69, 9.17) is 17.3 Å². The van der Waals surface area contributed by atoms with Crippen LogP contribution in [0.3, 0.4) is 0 Å². The zero-order chi connectivity index (χ0) is 15.9. The number of aliphatic hydroxyl groups is 1. The average Bonchev–Trinajstić information content (AvgIpc) is 3.06. The van der Waals surface area contributed by atoms with Gasteiger partial charge >= 0.3 is 0 Å². The van der Waals surface area contributed by atoms with Gasteiger partial charge in [0.1, 0.15) is 14.1 Å². The minimum absolute atomic E-state index is 0.0450. The third-order valence-electron chi connectivity index (χ3n) is 5.52. The van der Waals surface area contributed by atoms with E-state index in [9.17, 15) is 5.11 Å². The first-order valence-corrected chi connectivity index (χ1v) is 9.60. The molecule has 4 nitrogen and oxygen atoms in total. The highest BCUT2D eigenvalue weighted by Gasteiger charge is 2.51. The number of ether oxygens (including phenoxy) is 2. The van der Waals surface area contributed by atoms with Gasteiger partial charge < -0.3 is 14.6 Å². The van der Waals surface area contributed by atoms with Crippen LogP contribution in [-0.2, 0) is 15.0 Å². The lowest BCUT2D eigenvalue weighted by Crippen LogP contribution is -2.47. The molecule has 0 aromatic carbocycles. The van der Waals surface area contributed by atoms with Crippen molar-refractivity contribution in [2.75, 3.05) is 19.8 Å². The third kappa shape index (κ3) is 2.78. The molecular formula is C17H24BNO3S. The van der Waals surface area contributed by atoms with E-state index in [-0.39, 0.29) is 11.8 Å². The summed E-state index contributed by atoms with van der Waals surface area (Å²) < 4.78 is 12.5. The Bertz CT molecular complexity index is 560. The molecule has 3 aliphatic rings. The molecule has 3 atom stereocenters. The second kappa shape index (κ2) is 6.49. The van der Waals surface area contributed by atoms with Crippen LogP contribution in [0.4, 0.5) is 0 Å². The van der Waals surface area contributed by atoms with Crippen molar-refractivity contribution in [1.29, 1.82) is 0 Å². The van der Waals surface area contributed by atoms with E-state index < -0.39 is 6.23 Å². The molecule has 2 radical (unpaired) electrons. The van der Waals surface area contributed by atoms with Gasteiger partial charge in [0, 0.05) is 23.6 Å². The van der Waals surface area contributed by atoms with Gasteiger partial charge in [0.15, 0.2) is 6.29 Å². The Kier molecular flexibility index (Phi) is 4.54. The molecule has 4 heterocycles. The second-order valence-corrected chi connectivity index (χ2v) is 7.99. The summed E-state index contributed by atoms with van der Waals surface area (Å²) in [6.45, 7) is 2.43. The zero-order valence-electron chi connectivity index (χ0n) is 13.5. The van der Waals surface area contributed by atoms with Crippen molar-refractivity contribution in [3.63, 3.8) is 0 Å². The summed E-state index contributed by atoms with van der Waals surface area (Å²) in [6, 6.07) is 1.95. The summed E-state index contributed by atoms with van der Waals surface area (Å²) in [6.07, 6.45) is 7.09. The minimum atomic E-state index is -0.509. The van der Waals surface area contributed by atoms with Gasteiger partial charge in [-0.2, -0.15) is 11.3 Å². The summed E-state index contributed by atoms with van der Waals surface area (Å²) in [5.74, 6) is 0. The maximum atomic E-state index is 10.7. The van der Waals surface area contributed by atoms with Crippen LogP contribution in [0.5, 0.6) is 0 Å². The fourth-order valence-corrected chi connectivity index (χ4v) is 5.61. The number of fused-ring (bicyclic) bond motifs is 3. The lowest BCUT2D eigenvalue weighted by atomic mass is 9.84. The molecule has 2 fully saturated rings. The van der Waals surface area contributed by atoms with Crippen molar-refractivity contribution < 1.29 is 14.6 Å². The van der Waals surface area contributed by atoms with E-state index in [2.05, 4.69) is 4.90 Å². The van der Waals surface area contributed by atoms with Crippen LogP contribution in [0.1, 0.15) is 61.6 Å². The van der Waals surface area contributed by atoms with Crippen LogP contribution in [0, 0.1) is 0 Å². The van der Waals surface area contributed by atoms with Crippen molar-refractivity contribution in [1.82, 2.24) is 4.90 Å². The topological polar surface area (TPSA) is 41.9 Å². The van der Waals surface area contributed by atoms with E-state index in [0.29, 0.717) is 6.61 Å². The van der Waals surface area contributed by atoms with Crippen molar-refractivity contribution in [2.45, 2.75) is 63.0 Å². The molecule has 4 rings (SSSR count). The predicted molar refractivity (Wildman–Crippen MR) is 91.1 cm³/mol. The van der Waals surface area contributed by atoms with Crippen LogP contribution in [0.25, 0.3) is 0 Å². The Morgan fingerprint density at radius 1 is 1.39 bits per heavy atom. The standard InChI is InChI=1S/C17H24BNO3S/c18-13-11-12-15(23-13)17(6-2-3-8-19(17)16(12)20)7-10-22-14-5-1-4-9-21-14/h11,14,16,20H,1-10H2. The van der Waals surface area contributed by atoms with E-state index >= 15 is 0 Å². The van der Waals surface area contributed by atoms with Gasteiger partial charge in [0.05, 0.1) is 12.1 Å². The lowest BCUT2D eigenvalue weighted by Gasteiger charge is -2.44. The van der Waals surface area contributed by atoms with Crippen LogP contribution >= 0.6 is 11.3 Å². The first-order valence-electron chi connectivity index (χ1n) is 8.78. The molecule has 0 saturated carbocycles. The van der Waals surface area contributed by atoms with E-state index in [1.165, 1.54) is 17.7 Å². The Morgan fingerprint density at radius 3 is 3.13 bits per heavy atom. The highest BCUT2D eigenvalue weighted by atomic mass is 32.1. The smallest absolute Gasteiger partial charge is 0.157 e. The first kappa shape index (κ1) is 16.1. The zero-order valence-corrected chi connectivity index (χ0v) is 14.3. The molecule has 23 heavy (non-hydrogen) atoms. The van der Waals surface area contributed by atoms with E-state index in [1.807, 2.05) is 6.07 Å². The molecule has 0 bridgehead atoms. The largest absolute Gasteiger partial charge is 0.374 e. The number of nitrogens with zero attached hydrogens (tertiary/aromatic N) is 1. The van der Waals surface area contributed by atoms with Crippen LogP contribution in [0.15, 0.2) is 6.07 Å². The Hall–Kier alpha value is -0.395. The van der Waals surface area contributed by atoms with E-state index in [1.54, 1.807) is 11.3 Å². The molecule has 0 aliphatic carbocycles. The molecule has 0 amide bonds. The molecular weight excluding hydrogens is 309 g/mol. The summed E-state index contributed by atoms with van der Waals surface area (Å²) in [5, 5.41) is 10.7. The quantitative estimate of drug-likeness (QED) is 0.858.